The van der Waals surface area contributed by atoms with E-state index in [4.69, 9.17) is 4.74 Å². The van der Waals surface area contributed by atoms with E-state index >= 15 is 0 Å². The van der Waals surface area contributed by atoms with E-state index in [9.17, 15) is 8.78 Å². The highest BCUT2D eigenvalue weighted by Gasteiger charge is 2.04. The molecule has 1 aromatic rings. The molecule has 0 spiro atoms. The Bertz CT molecular complexity index is 317. The number of nitrogens with one attached hydrogen (secondary N) is 1. The van der Waals surface area contributed by atoms with E-state index in [1.807, 2.05) is 6.92 Å². The van der Waals surface area contributed by atoms with Gasteiger partial charge in [0.15, 0.2) is 11.6 Å². The maximum Gasteiger partial charge on any atom is 0.159 e. The Kier molecular flexibility index (Phi) is 4.65. The second-order valence-electron chi connectivity index (χ2n) is 3.49. The van der Waals surface area contributed by atoms with E-state index in [0.717, 1.165) is 11.6 Å². The molecule has 0 saturated heterocycles. The number of ether oxygens (including phenoxy) is 1. The minimum absolute atomic E-state index is 0.183. The third kappa shape index (κ3) is 3.93. The van der Waals surface area contributed by atoms with Gasteiger partial charge in [0, 0.05) is 19.7 Å². The van der Waals surface area contributed by atoms with Gasteiger partial charge in [-0.25, -0.2) is 8.78 Å². The summed E-state index contributed by atoms with van der Waals surface area (Å²) in [7, 11) is 1.62. The fraction of sp³-hybridized carbons (Fsp3) is 0.455. The lowest BCUT2D eigenvalue weighted by molar-refractivity contribution is 0.171. The third-order valence-corrected chi connectivity index (χ3v) is 2.06. The molecule has 0 aliphatic heterocycles. The summed E-state index contributed by atoms with van der Waals surface area (Å²) in [6.07, 6.45) is 0. The van der Waals surface area contributed by atoms with E-state index in [1.54, 1.807) is 13.2 Å². The average molecular weight is 215 g/mol. The van der Waals surface area contributed by atoms with Crippen molar-refractivity contribution >= 4 is 0 Å². The molecule has 0 amide bonds. The Hall–Kier alpha value is -1.00. The molecule has 0 saturated carbocycles. The van der Waals surface area contributed by atoms with Gasteiger partial charge in [-0.15, -0.1) is 0 Å². The first-order valence-electron chi connectivity index (χ1n) is 4.79. The largest absolute Gasteiger partial charge is 0.383 e. The zero-order valence-corrected chi connectivity index (χ0v) is 8.89. The molecule has 1 rings (SSSR count). The molecule has 0 unspecified atom stereocenters. The van der Waals surface area contributed by atoms with Crippen LogP contribution in [0, 0.1) is 11.6 Å². The Morgan fingerprint density at radius 1 is 1.33 bits per heavy atom. The monoisotopic (exact) mass is 215 g/mol. The van der Waals surface area contributed by atoms with Gasteiger partial charge in [0.25, 0.3) is 0 Å². The van der Waals surface area contributed by atoms with Crippen molar-refractivity contribution in [1.29, 1.82) is 0 Å². The zero-order valence-electron chi connectivity index (χ0n) is 8.89. The summed E-state index contributed by atoms with van der Waals surface area (Å²) in [5.74, 6) is -1.63. The topological polar surface area (TPSA) is 21.3 Å². The molecule has 4 heteroatoms. The second-order valence-corrected chi connectivity index (χ2v) is 3.49. The fourth-order valence-corrected chi connectivity index (χ4v) is 1.25. The highest BCUT2D eigenvalue weighted by Crippen LogP contribution is 2.08. The molecule has 0 aliphatic carbocycles. The van der Waals surface area contributed by atoms with Crippen LogP contribution in [0.3, 0.4) is 0 Å². The first kappa shape index (κ1) is 12.1. The lowest BCUT2D eigenvalue weighted by atomic mass is 10.2. The molecule has 84 valence electrons. The first-order chi connectivity index (χ1) is 7.13. The van der Waals surface area contributed by atoms with Gasteiger partial charge in [0.1, 0.15) is 0 Å². The minimum atomic E-state index is -0.816. The van der Waals surface area contributed by atoms with Gasteiger partial charge in [0.2, 0.25) is 0 Å². The van der Waals surface area contributed by atoms with Gasteiger partial charge >= 0.3 is 0 Å². The van der Waals surface area contributed by atoms with Crippen LogP contribution in [0.1, 0.15) is 12.5 Å². The maximum absolute atomic E-state index is 12.8. The summed E-state index contributed by atoms with van der Waals surface area (Å²) in [4.78, 5) is 0. The standard InChI is InChI=1S/C11H15F2NO/c1-8(7-15-2)14-6-9-3-4-10(12)11(13)5-9/h3-5,8,14H,6-7H2,1-2H3/t8-/m1/s1. The Morgan fingerprint density at radius 3 is 2.67 bits per heavy atom. The minimum Gasteiger partial charge on any atom is -0.383 e. The van der Waals surface area contributed by atoms with Crippen molar-refractivity contribution in [2.45, 2.75) is 19.5 Å². The number of methoxy groups -OCH3 is 1. The molecule has 0 heterocycles. The van der Waals surface area contributed by atoms with Crippen LogP contribution < -0.4 is 5.32 Å². The average Bonchev–Trinajstić information content (AvgIpc) is 2.20. The van der Waals surface area contributed by atoms with Crippen molar-refractivity contribution in [2.75, 3.05) is 13.7 Å². The molecule has 15 heavy (non-hydrogen) atoms. The van der Waals surface area contributed by atoms with E-state index in [1.165, 1.54) is 6.07 Å². The predicted octanol–water partition coefficient (Wildman–Crippen LogP) is 2.09. The molecule has 0 radical (unpaired) electrons. The summed E-state index contributed by atoms with van der Waals surface area (Å²) < 4.78 is 30.4. The maximum atomic E-state index is 12.8. The number of rotatable bonds is 5. The lowest BCUT2D eigenvalue weighted by Gasteiger charge is -2.12. The smallest absolute Gasteiger partial charge is 0.159 e. The number of hydrogen-bond acceptors (Lipinski definition) is 2. The molecule has 0 aliphatic rings. The van der Waals surface area contributed by atoms with Crippen molar-refractivity contribution in [3.8, 4) is 0 Å². The Morgan fingerprint density at radius 2 is 2.07 bits per heavy atom. The number of hydrogen-bond donors (Lipinski definition) is 1. The fourth-order valence-electron chi connectivity index (χ4n) is 1.25. The van der Waals surface area contributed by atoms with Crippen LogP contribution in [0.2, 0.25) is 0 Å². The molecular weight excluding hydrogens is 200 g/mol. The summed E-state index contributed by atoms with van der Waals surface area (Å²) >= 11 is 0. The van der Waals surface area contributed by atoms with Crippen LogP contribution in [-0.2, 0) is 11.3 Å². The van der Waals surface area contributed by atoms with Gasteiger partial charge in [-0.05, 0) is 24.6 Å². The van der Waals surface area contributed by atoms with Crippen molar-refractivity contribution in [2.24, 2.45) is 0 Å². The van der Waals surface area contributed by atoms with Gasteiger partial charge < -0.3 is 10.1 Å². The third-order valence-electron chi connectivity index (χ3n) is 2.06. The first-order valence-corrected chi connectivity index (χ1v) is 4.79. The van der Waals surface area contributed by atoms with Crippen molar-refractivity contribution < 1.29 is 13.5 Å². The van der Waals surface area contributed by atoms with Crippen LogP contribution in [0.5, 0.6) is 0 Å². The summed E-state index contributed by atoms with van der Waals surface area (Å²) in [6, 6.07) is 4.07. The predicted molar refractivity (Wildman–Crippen MR) is 54.5 cm³/mol. The van der Waals surface area contributed by atoms with E-state index in [-0.39, 0.29) is 6.04 Å². The van der Waals surface area contributed by atoms with E-state index in [2.05, 4.69) is 5.32 Å². The molecule has 0 fully saturated rings. The van der Waals surface area contributed by atoms with Crippen LogP contribution >= 0.6 is 0 Å². The quantitative estimate of drug-likeness (QED) is 0.812. The van der Waals surface area contributed by atoms with E-state index < -0.39 is 11.6 Å². The van der Waals surface area contributed by atoms with Crippen molar-refractivity contribution in [1.82, 2.24) is 5.32 Å². The van der Waals surface area contributed by atoms with Gasteiger partial charge in [-0.1, -0.05) is 6.07 Å². The molecule has 1 aromatic carbocycles. The second kappa shape index (κ2) is 5.78. The summed E-state index contributed by atoms with van der Waals surface area (Å²) in [5, 5.41) is 3.13. The SMILES string of the molecule is COC[C@@H](C)NCc1ccc(F)c(F)c1. The zero-order chi connectivity index (χ0) is 11.3. The highest BCUT2D eigenvalue weighted by atomic mass is 19.2. The highest BCUT2D eigenvalue weighted by molar-refractivity contribution is 5.17. The van der Waals surface area contributed by atoms with Crippen LogP contribution in [-0.4, -0.2) is 19.8 Å². The molecular formula is C11H15F2NO. The molecule has 1 atom stereocenters. The summed E-state index contributed by atoms with van der Waals surface area (Å²) in [6.45, 7) is 3.05. The van der Waals surface area contributed by atoms with Crippen molar-refractivity contribution in [3.63, 3.8) is 0 Å². The molecule has 1 N–H and O–H groups in total. The van der Waals surface area contributed by atoms with Gasteiger partial charge in [0.05, 0.1) is 6.61 Å². The van der Waals surface area contributed by atoms with Crippen LogP contribution in [0.15, 0.2) is 18.2 Å². The van der Waals surface area contributed by atoms with E-state index in [0.29, 0.717) is 13.2 Å². The number of halogens is 2. The van der Waals surface area contributed by atoms with Gasteiger partial charge in [-0.2, -0.15) is 0 Å². The van der Waals surface area contributed by atoms with Gasteiger partial charge in [-0.3, -0.25) is 0 Å². The van der Waals surface area contributed by atoms with Crippen LogP contribution in [0.25, 0.3) is 0 Å². The molecule has 0 bridgehead atoms. The van der Waals surface area contributed by atoms with Crippen LogP contribution in [0.4, 0.5) is 8.78 Å². The summed E-state index contributed by atoms with van der Waals surface area (Å²) in [5.41, 5.74) is 0.719. The molecule has 2 nitrogen and oxygen atoms in total. The Balaban J connectivity index is 2.47. The molecule has 0 aromatic heterocycles. The Labute approximate surface area is 88.3 Å². The van der Waals surface area contributed by atoms with Crippen molar-refractivity contribution in [3.05, 3.63) is 35.4 Å². The lowest BCUT2D eigenvalue weighted by Crippen LogP contribution is -2.29. The number of benzene rings is 1. The normalized spacial score (nSPS) is 12.8.